The van der Waals surface area contributed by atoms with Crippen LogP contribution in [0, 0.1) is 16.7 Å². The Bertz CT molecular complexity index is 710. The van der Waals surface area contributed by atoms with Gasteiger partial charge in [0, 0.05) is 19.1 Å². The molecule has 3 heteroatoms. The Morgan fingerprint density at radius 3 is 2.54 bits per heavy atom. The summed E-state index contributed by atoms with van der Waals surface area (Å²) in [6.45, 7) is 4.08. The summed E-state index contributed by atoms with van der Waals surface area (Å²) in [6, 6.07) is 11.4. The topological polar surface area (TPSA) is 46.3 Å². The maximum atomic E-state index is 13.7. The molecule has 1 aromatic rings. The lowest BCUT2D eigenvalue weighted by atomic mass is 9.57. The highest BCUT2D eigenvalue weighted by molar-refractivity contribution is 5.84. The summed E-state index contributed by atoms with van der Waals surface area (Å²) in [5.74, 6) is 1.15. The number of piperidine rings is 1. The van der Waals surface area contributed by atoms with Crippen molar-refractivity contribution < 1.29 is 4.79 Å². The van der Waals surface area contributed by atoms with Gasteiger partial charge in [0.2, 0.25) is 5.91 Å². The average Bonchev–Trinajstić information content (AvgIpc) is 3.05. The molecular formula is C23H32N2O. The number of likely N-dealkylation sites (tertiary alicyclic amines) is 1. The largest absolute Gasteiger partial charge is 0.342 e. The second kappa shape index (κ2) is 5.58. The number of hydrogen-bond acceptors (Lipinski definition) is 2. The summed E-state index contributed by atoms with van der Waals surface area (Å²) in [7, 11) is 0. The molecular weight excluding hydrogens is 320 g/mol. The molecule has 2 N–H and O–H groups in total. The maximum Gasteiger partial charge on any atom is 0.228 e. The van der Waals surface area contributed by atoms with Gasteiger partial charge in [0.25, 0.3) is 0 Å². The Kier molecular flexibility index (Phi) is 3.60. The van der Waals surface area contributed by atoms with E-state index >= 15 is 0 Å². The van der Waals surface area contributed by atoms with Crippen LogP contribution in [-0.4, -0.2) is 29.9 Å². The van der Waals surface area contributed by atoms with Crippen LogP contribution in [0.1, 0.15) is 63.9 Å². The zero-order valence-electron chi connectivity index (χ0n) is 16.0. The summed E-state index contributed by atoms with van der Waals surface area (Å²) < 4.78 is 0. The quantitative estimate of drug-likeness (QED) is 0.898. The van der Waals surface area contributed by atoms with Gasteiger partial charge in [-0.05, 0) is 67.3 Å². The van der Waals surface area contributed by atoms with Crippen LogP contribution in [0.2, 0.25) is 0 Å². The number of hydrogen-bond donors (Lipinski definition) is 1. The second-order valence-electron chi connectivity index (χ2n) is 9.92. The van der Waals surface area contributed by atoms with Crippen LogP contribution < -0.4 is 5.73 Å². The van der Waals surface area contributed by atoms with Gasteiger partial charge in [-0.25, -0.2) is 0 Å². The highest BCUT2D eigenvalue weighted by Crippen LogP contribution is 2.76. The normalized spacial score (nSPS) is 41.8. The smallest absolute Gasteiger partial charge is 0.228 e. The lowest BCUT2D eigenvalue weighted by Gasteiger charge is -2.49. The van der Waals surface area contributed by atoms with Gasteiger partial charge in [-0.1, -0.05) is 43.7 Å². The van der Waals surface area contributed by atoms with E-state index in [0.717, 1.165) is 45.2 Å². The fourth-order valence-corrected chi connectivity index (χ4v) is 7.49. The minimum absolute atomic E-state index is 0.103. The monoisotopic (exact) mass is 352 g/mol. The van der Waals surface area contributed by atoms with E-state index in [-0.39, 0.29) is 16.9 Å². The lowest BCUT2D eigenvalue weighted by molar-refractivity contribution is -0.148. The number of carbonyl (C=O) groups is 1. The van der Waals surface area contributed by atoms with Crippen LogP contribution in [-0.2, 0) is 10.2 Å². The van der Waals surface area contributed by atoms with Crippen molar-refractivity contribution in [2.24, 2.45) is 22.5 Å². The van der Waals surface area contributed by atoms with Crippen LogP contribution in [0.25, 0.3) is 0 Å². The Balaban J connectivity index is 1.51. The fourth-order valence-electron chi connectivity index (χ4n) is 7.49. The molecule has 4 aliphatic carbocycles. The molecule has 1 amide bonds. The zero-order valence-corrected chi connectivity index (χ0v) is 16.0. The Morgan fingerprint density at radius 2 is 1.85 bits per heavy atom. The van der Waals surface area contributed by atoms with Gasteiger partial charge in [0.15, 0.2) is 0 Å². The van der Waals surface area contributed by atoms with Crippen molar-refractivity contribution in [2.45, 2.75) is 69.7 Å². The van der Waals surface area contributed by atoms with Gasteiger partial charge >= 0.3 is 0 Å². The SMILES string of the molecule is CCC12CC3CC(C(=O)N4CCC(N)CC4)(C1)CC3(c1ccccc1)C2. The molecule has 4 atom stereocenters. The first-order valence-electron chi connectivity index (χ1n) is 10.6. The van der Waals surface area contributed by atoms with Crippen molar-refractivity contribution in [1.82, 2.24) is 4.90 Å². The summed E-state index contributed by atoms with van der Waals surface area (Å²) in [4.78, 5) is 15.9. The van der Waals surface area contributed by atoms with E-state index in [0.29, 0.717) is 17.2 Å². The third-order valence-electron chi connectivity index (χ3n) is 8.53. The minimum atomic E-state index is -0.103. The third-order valence-corrected chi connectivity index (χ3v) is 8.53. The van der Waals surface area contributed by atoms with Gasteiger partial charge in [0.1, 0.15) is 0 Å². The number of carbonyl (C=O) groups excluding carboxylic acids is 1. The van der Waals surface area contributed by atoms with Crippen LogP contribution in [0.3, 0.4) is 0 Å². The molecule has 3 nitrogen and oxygen atoms in total. The standard InChI is InChI=1S/C23H32N2O/c1-2-21-12-18-13-22(14-21,20(26)25-10-8-19(24)9-11-25)16-23(18,15-21)17-6-4-3-5-7-17/h3-7,18-19H,2,8-16,24H2,1H3. The molecule has 0 spiro atoms. The summed E-state index contributed by atoms with van der Waals surface area (Å²) in [5, 5.41) is 0. The fraction of sp³-hybridized carbons (Fsp3) is 0.696. The molecule has 140 valence electrons. The van der Waals surface area contributed by atoms with Crippen molar-refractivity contribution >= 4 is 5.91 Å². The first kappa shape index (κ1) is 16.8. The van der Waals surface area contributed by atoms with E-state index in [1.165, 1.54) is 24.8 Å². The highest BCUT2D eigenvalue weighted by Gasteiger charge is 2.71. The molecule has 1 aliphatic heterocycles. The van der Waals surface area contributed by atoms with Crippen LogP contribution in [0.15, 0.2) is 30.3 Å². The van der Waals surface area contributed by atoms with Gasteiger partial charge in [-0.3, -0.25) is 4.79 Å². The predicted octanol–water partition coefficient (Wildman–Crippen LogP) is 3.86. The number of nitrogens with two attached hydrogens (primary N) is 1. The van der Waals surface area contributed by atoms with Crippen molar-refractivity contribution in [3.63, 3.8) is 0 Å². The predicted molar refractivity (Wildman–Crippen MR) is 104 cm³/mol. The first-order valence-corrected chi connectivity index (χ1v) is 10.6. The second-order valence-corrected chi connectivity index (χ2v) is 9.92. The first-order chi connectivity index (χ1) is 12.5. The van der Waals surface area contributed by atoms with E-state index in [9.17, 15) is 4.79 Å². The van der Waals surface area contributed by atoms with Gasteiger partial charge in [0.05, 0.1) is 5.41 Å². The number of benzene rings is 1. The van der Waals surface area contributed by atoms with E-state index < -0.39 is 0 Å². The van der Waals surface area contributed by atoms with E-state index in [4.69, 9.17) is 5.73 Å². The van der Waals surface area contributed by atoms with E-state index in [2.05, 4.69) is 42.2 Å². The Morgan fingerprint density at radius 1 is 1.12 bits per heavy atom. The third kappa shape index (κ3) is 2.19. The average molecular weight is 353 g/mol. The van der Waals surface area contributed by atoms with Crippen LogP contribution in [0.4, 0.5) is 0 Å². The van der Waals surface area contributed by atoms with Crippen LogP contribution in [0.5, 0.6) is 0 Å². The molecule has 5 fully saturated rings. The van der Waals surface area contributed by atoms with Crippen LogP contribution >= 0.6 is 0 Å². The van der Waals surface area contributed by atoms with Gasteiger partial charge in [-0.15, -0.1) is 0 Å². The van der Waals surface area contributed by atoms with Crippen molar-refractivity contribution in [3.05, 3.63) is 35.9 Å². The Hall–Kier alpha value is -1.35. The maximum absolute atomic E-state index is 13.7. The van der Waals surface area contributed by atoms with E-state index in [1.54, 1.807) is 0 Å². The molecule has 6 rings (SSSR count). The molecule has 4 bridgehead atoms. The van der Waals surface area contributed by atoms with Crippen molar-refractivity contribution in [1.29, 1.82) is 0 Å². The van der Waals surface area contributed by atoms with Gasteiger partial charge in [-0.2, -0.15) is 0 Å². The van der Waals surface area contributed by atoms with Crippen molar-refractivity contribution in [3.8, 4) is 0 Å². The van der Waals surface area contributed by atoms with Crippen molar-refractivity contribution in [2.75, 3.05) is 13.1 Å². The summed E-state index contributed by atoms with van der Waals surface area (Å²) in [6.07, 6.45) is 9.11. The molecule has 0 radical (unpaired) electrons. The molecule has 1 saturated heterocycles. The summed E-state index contributed by atoms with van der Waals surface area (Å²) in [5.41, 5.74) is 8.11. The minimum Gasteiger partial charge on any atom is -0.342 e. The molecule has 4 saturated carbocycles. The van der Waals surface area contributed by atoms with Gasteiger partial charge < -0.3 is 10.6 Å². The molecule has 4 unspecified atom stereocenters. The highest BCUT2D eigenvalue weighted by atomic mass is 16.2. The Labute approximate surface area is 157 Å². The number of nitrogens with zero attached hydrogens (tertiary/aromatic N) is 1. The number of rotatable bonds is 3. The lowest BCUT2D eigenvalue weighted by Crippen LogP contribution is -2.52. The van der Waals surface area contributed by atoms with E-state index in [1.807, 2.05) is 0 Å². The molecule has 1 aromatic carbocycles. The molecule has 26 heavy (non-hydrogen) atoms. The summed E-state index contributed by atoms with van der Waals surface area (Å²) >= 11 is 0. The zero-order chi connectivity index (χ0) is 18.0. The number of amides is 1. The molecule has 1 heterocycles. The molecule has 0 aromatic heterocycles. The molecule has 5 aliphatic rings.